The van der Waals surface area contributed by atoms with Gasteiger partial charge >= 0.3 is 0 Å². The Morgan fingerprint density at radius 1 is 1.20 bits per heavy atom. The summed E-state index contributed by atoms with van der Waals surface area (Å²) in [4.78, 5) is 14.8. The van der Waals surface area contributed by atoms with E-state index in [1.54, 1.807) is 13.2 Å². The molecule has 1 aromatic rings. The highest BCUT2D eigenvalue weighted by Gasteiger charge is 2.38. The van der Waals surface area contributed by atoms with Crippen LogP contribution in [0.15, 0.2) is 18.2 Å². The van der Waals surface area contributed by atoms with E-state index in [-0.39, 0.29) is 24.4 Å². The molecular formula is C19H29ClN2O3. The minimum Gasteiger partial charge on any atom is -0.493 e. The van der Waals surface area contributed by atoms with E-state index in [1.165, 1.54) is 6.42 Å². The summed E-state index contributed by atoms with van der Waals surface area (Å²) in [5, 5.41) is 3.46. The van der Waals surface area contributed by atoms with Crippen LogP contribution in [0.25, 0.3) is 0 Å². The molecule has 1 N–H and O–H groups in total. The number of carbonyl (C=O) groups is 1. The summed E-state index contributed by atoms with van der Waals surface area (Å²) in [6.45, 7) is 7.84. The number of hydrogen-bond acceptors (Lipinski definition) is 4. The molecule has 0 radical (unpaired) electrons. The number of piperidine rings is 1. The van der Waals surface area contributed by atoms with Gasteiger partial charge in [0.05, 0.1) is 13.2 Å². The summed E-state index contributed by atoms with van der Waals surface area (Å²) >= 11 is 0. The standard InChI is InChI=1S/C19H28N2O3.ClH/c1-14(2)24-16-5-4-15(12-17(16)23-3)18(22)21-10-7-19(8-11-21)6-9-20-13-19;/h4-5,12,14,20H,6-11,13H2,1-3H3;1H. The normalized spacial score (nSPS) is 19.0. The number of nitrogens with zero attached hydrogens (tertiary/aromatic N) is 1. The molecule has 0 bridgehead atoms. The van der Waals surface area contributed by atoms with Crippen molar-refractivity contribution in [1.29, 1.82) is 0 Å². The number of rotatable bonds is 4. The maximum Gasteiger partial charge on any atom is 0.253 e. The van der Waals surface area contributed by atoms with E-state index in [0.29, 0.717) is 22.5 Å². The molecule has 6 heteroatoms. The second-order valence-electron chi connectivity index (χ2n) is 7.25. The molecule has 2 fully saturated rings. The Balaban J connectivity index is 0.00000225. The second-order valence-corrected chi connectivity index (χ2v) is 7.25. The zero-order valence-corrected chi connectivity index (χ0v) is 16.2. The molecule has 1 aromatic carbocycles. The molecule has 2 heterocycles. The van der Waals surface area contributed by atoms with Gasteiger partial charge < -0.3 is 19.7 Å². The minimum atomic E-state index is 0. The zero-order valence-electron chi connectivity index (χ0n) is 15.3. The first-order valence-electron chi connectivity index (χ1n) is 8.88. The number of amides is 1. The van der Waals surface area contributed by atoms with Gasteiger partial charge in [0.1, 0.15) is 0 Å². The lowest BCUT2D eigenvalue weighted by Gasteiger charge is -2.39. The maximum absolute atomic E-state index is 12.8. The summed E-state index contributed by atoms with van der Waals surface area (Å²) in [5.74, 6) is 1.38. The van der Waals surface area contributed by atoms with Crippen molar-refractivity contribution in [2.45, 2.75) is 39.2 Å². The van der Waals surface area contributed by atoms with Crippen LogP contribution in [-0.2, 0) is 0 Å². The monoisotopic (exact) mass is 368 g/mol. The topological polar surface area (TPSA) is 50.8 Å². The number of halogens is 1. The largest absolute Gasteiger partial charge is 0.493 e. The third-order valence-electron chi connectivity index (χ3n) is 5.22. The van der Waals surface area contributed by atoms with Gasteiger partial charge in [-0.15, -0.1) is 12.4 Å². The van der Waals surface area contributed by atoms with Crippen LogP contribution < -0.4 is 14.8 Å². The van der Waals surface area contributed by atoms with Crippen molar-refractivity contribution in [3.63, 3.8) is 0 Å². The lowest BCUT2D eigenvalue weighted by Crippen LogP contribution is -2.44. The molecule has 1 spiro atoms. The number of ether oxygens (including phenoxy) is 2. The van der Waals surface area contributed by atoms with E-state index in [9.17, 15) is 4.79 Å². The first kappa shape index (κ1) is 19.9. The van der Waals surface area contributed by atoms with Crippen molar-refractivity contribution in [2.75, 3.05) is 33.3 Å². The summed E-state index contributed by atoms with van der Waals surface area (Å²) in [7, 11) is 1.61. The number of methoxy groups -OCH3 is 1. The van der Waals surface area contributed by atoms with Crippen LogP contribution in [0.2, 0.25) is 0 Å². The molecule has 2 saturated heterocycles. The van der Waals surface area contributed by atoms with Crippen LogP contribution in [0, 0.1) is 5.41 Å². The lowest BCUT2D eigenvalue weighted by atomic mass is 9.78. The van der Waals surface area contributed by atoms with Crippen molar-refractivity contribution < 1.29 is 14.3 Å². The highest BCUT2D eigenvalue weighted by atomic mass is 35.5. The first-order chi connectivity index (χ1) is 11.5. The number of hydrogen-bond donors (Lipinski definition) is 1. The summed E-state index contributed by atoms with van der Waals surface area (Å²) < 4.78 is 11.1. The smallest absolute Gasteiger partial charge is 0.253 e. The Morgan fingerprint density at radius 2 is 1.92 bits per heavy atom. The third kappa shape index (κ3) is 4.39. The fourth-order valence-corrected chi connectivity index (χ4v) is 3.74. The summed E-state index contributed by atoms with van der Waals surface area (Å²) in [6.07, 6.45) is 3.50. The van der Waals surface area contributed by atoms with Gasteiger partial charge in [-0.3, -0.25) is 4.79 Å². The first-order valence-corrected chi connectivity index (χ1v) is 8.88. The Bertz CT molecular complexity index is 590. The molecule has 1 amide bonds. The van der Waals surface area contributed by atoms with Crippen LogP contribution in [-0.4, -0.2) is 50.2 Å². The highest BCUT2D eigenvalue weighted by molar-refractivity contribution is 5.95. The zero-order chi connectivity index (χ0) is 17.2. The van der Waals surface area contributed by atoms with Crippen LogP contribution >= 0.6 is 12.4 Å². The molecule has 0 atom stereocenters. The van der Waals surface area contributed by atoms with E-state index in [2.05, 4.69) is 5.32 Å². The number of benzene rings is 1. The Hall–Kier alpha value is -1.46. The second kappa shape index (κ2) is 8.28. The molecule has 0 aromatic heterocycles. The van der Waals surface area contributed by atoms with Crippen molar-refractivity contribution in [1.82, 2.24) is 10.2 Å². The number of carbonyl (C=O) groups excluding carboxylic acids is 1. The molecular weight excluding hydrogens is 340 g/mol. The molecule has 0 aliphatic carbocycles. The molecule has 5 nitrogen and oxygen atoms in total. The summed E-state index contributed by atoms with van der Waals surface area (Å²) in [5.41, 5.74) is 1.09. The van der Waals surface area contributed by atoms with Crippen molar-refractivity contribution in [2.24, 2.45) is 5.41 Å². The van der Waals surface area contributed by atoms with E-state index in [0.717, 1.165) is 39.0 Å². The molecule has 2 aliphatic heterocycles. The number of likely N-dealkylation sites (tertiary alicyclic amines) is 1. The van der Waals surface area contributed by atoms with Crippen molar-refractivity contribution in [3.05, 3.63) is 23.8 Å². The van der Waals surface area contributed by atoms with Crippen LogP contribution in [0.1, 0.15) is 43.5 Å². The van der Waals surface area contributed by atoms with E-state index in [1.807, 2.05) is 30.9 Å². The van der Waals surface area contributed by atoms with Gasteiger partial charge in [0, 0.05) is 25.2 Å². The predicted molar refractivity (Wildman–Crippen MR) is 101 cm³/mol. The molecule has 2 aliphatic rings. The van der Waals surface area contributed by atoms with Gasteiger partial charge in [0.2, 0.25) is 0 Å². The van der Waals surface area contributed by atoms with E-state index in [4.69, 9.17) is 9.47 Å². The highest BCUT2D eigenvalue weighted by Crippen LogP contribution is 2.37. The lowest BCUT2D eigenvalue weighted by molar-refractivity contribution is 0.0607. The molecule has 0 saturated carbocycles. The Labute approximate surface area is 156 Å². The average Bonchev–Trinajstić information content (AvgIpc) is 3.03. The predicted octanol–water partition coefficient (Wildman–Crippen LogP) is 3.12. The Morgan fingerprint density at radius 3 is 2.48 bits per heavy atom. The third-order valence-corrected chi connectivity index (χ3v) is 5.22. The molecule has 0 unspecified atom stereocenters. The van der Waals surface area contributed by atoms with Crippen LogP contribution in [0.4, 0.5) is 0 Å². The van der Waals surface area contributed by atoms with Gasteiger partial charge in [-0.25, -0.2) is 0 Å². The molecule has 140 valence electrons. The fourth-order valence-electron chi connectivity index (χ4n) is 3.74. The van der Waals surface area contributed by atoms with Crippen molar-refractivity contribution >= 4 is 18.3 Å². The molecule has 3 rings (SSSR count). The number of nitrogens with one attached hydrogen (secondary N) is 1. The van der Waals surface area contributed by atoms with E-state index >= 15 is 0 Å². The van der Waals surface area contributed by atoms with Gasteiger partial charge in [0.25, 0.3) is 5.91 Å². The van der Waals surface area contributed by atoms with Crippen LogP contribution in [0.5, 0.6) is 11.5 Å². The average molecular weight is 369 g/mol. The quantitative estimate of drug-likeness (QED) is 0.887. The van der Waals surface area contributed by atoms with Crippen LogP contribution in [0.3, 0.4) is 0 Å². The fraction of sp³-hybridized carbons (Fsp3) is 0.632. The summed E-state index contributed by atoms with van der Waals surface area (Å²) in [6, 6.07) is 5.46. The van der Waals surface area contributed by atoms with E-state index < -0.39 is 0 Å². The maximum atomic E-state index is 12.8. The SMILES string of the molecule is COc1cc(C(=O)N2CCC3(CCNC3)CC2)ccc1OC(C)C.Cl. The van der Waals surface area contributed by atoms with Gasteiger partial charge in [0.15, 0.2) is 11.5 Å². The van der Waals surface area contributed by atoms with Gasteiger partial charge in [-0.05, 0) is 63.3 Å². The Kier molecular flexibility index (Phi) is 6.58. The van der Waals surface area contributed by atoms with Crippen molar-refractivity contribution in [3.8, 4) is 11.5 Å². The minimum absolute atomic E-state index is 0. The molecule has 25 heavy (non-hydrogen) atoms. The van der Waals surface area contributed by atoms with Gasteiger partial charge in [-0.1, -0.05) is 0 Å². The van der Waals surface area contributed by atoms with Gasteiger partial charge in [-0.2, -0.15) is 0 Å².